The minimum absolute atomic E-state index is 0.0699. The van der Waals surface area contributed by atoms with Crippen molar-refractivity contribution >= 4 is 18.0 Å². The Bertz CT molecular complexity index is 878. The molecule has 0 bridgehead atoms. The Morgan fingerprint density at radius 2 is 1.72 bits per heavy atom. The molecule has 2 amide bonds. The second-order valence-corrected chi connectivity index (χ2v) is 8.06. The highest BCUT2D eigenvalue weighted by Crippen LogP contribution is 2.16. The highest BCUT2D eigenvalue weighted by Gasteiger charge is 2.26. The van der Waals surface area contributed by atoms with Gasteiger partial charge in [0.15, 0.2) is 0 Å². The maximum absolute atomic E-state index is 12.9. The molecule has 3 rings (SSSR count). The molecule has 32 heavy (non-hydrogen) atoms. The third-order valence-electron chi connectivity index (χ3n) is 5.64. The Labute approximate surface area is 189 Å². The number of aromatic hydroxyl groups is 1. The summed E-state index contributed by atoms with van der Waals surface area (Å²) in [4.78, 5) is 27.3. The Kier molecular flexibility index (Phi) is 9.25. The smallest absolute Gasteiger partial charge is 0.257 e. The van der Waals surface area contributed by atoms with Gasteiger partial charge in [0.05, 0.1) is 12.3 Å². The molecule has 0 aliphatic carbocycles. The molecular formula is C25H32N4O3. The summed E-state index contributed by atoms with van der Waals surface area (Å²) in [6.07, 6.45) is 7.36. The molecule has 1 unspecified atom stereocenters. The van der Waals surface area contributed by atoms with Crippen LogP contribution in [0.15, 0.2) is 59.7 Å². The molecule has 3 N–H and O–H groups in total. The number of phenols is 1. The average Bonchev–Trinajstić information content (AvgIpc) is 2.83. The molecule has 170 valence electrons. The Balaban J connectivity index is 1.47. The normalized spacial score (nSPS) is 15.4. The summed E-state index contributed by atoms with van der Waals surface area (Å²) >= 11 is 0. The number of nitrogens with zero attached hydrogens (tertiary/aromatic N) is 2. The van der Waals surface area contributed by atoms with Crippen molar-refractivity contribution in [2.45, 2.75) is 44.6 Å². The molecule has 2 aromatic carbocycles. The highest BCUT2D eigenvalue weighted by atomic mass is 16.3. The molecular weight excluding hydrogens is 404 g/mol. The molecule has 1 heterocycles. The highest BCUT2D eigenvalue weighted by molar-refractivity contribution is 5.94. The number of phenolic OH excluding ortho intramolecular Hbond substituents is 1. The minimum atomic E-state index is -0.225. The first-order valence-corrected chi connectivity index (χ1v) is 11.3. The van der Waals surface area contributed by atoms with E-state index in [4.69, 9.17) is 0 Å². The Morgan fingerprint density at radius 3 is 2.44 bits per heavy atom. The molecule has 1 aliphatic rings. The van der Waals surface area contributed by atoms with Crippen LogP contribution < -0.4 is 10.7 Å². The van der Waals surface area contributed by atoms with Crippen molar-refractivity contribution in [2.24, 2.45) is 5.10 Å². The predicted octanol–water partition coefficient (Wildman–Crippen LogP) is 3.30. The summed E-state index contributed by atoms with van der Waals surface area (Å²) in [5, 5.41) is 16.4. The van der Waals surface area contributed by atoms with Gasteiger partial charge in [0.25, 0.3) is 11.8 Å². The van der Waals surface area contributed by atoms with E-state index in [9.17, 15) is 14.7 Å². The standard InChI is InChI=1S/C25H32N4O3/c30-22-14-12-20(13-15-22)19-27-28-25(32)23(29-17-7-2-8-18-29)11-5-6-16-26-24(31)21-9-3-1-4-10-21/h1,3-4,9-10,12-15,19,23,30H,2,5-8,11,16-18H2,(H,26,31)(H,28,32)/b27-19+. The number of rotatable bonds is 10. The monoisotopic (exact) mass is 436 g/mol. The summed E-state index contributed by atoms with van der Waals surface area (Å²) in [7, 11) is 0. The van der Waals surface area contributed by atoms with E-state index in [1.807, 2.05) is 18.2 Å². The molecule has 0 spiro atoms. The fourth-order valence-corrected chi connectivity index (χ4v) is 3.87. The molecule has 0 radical (unpaired) electrons. The van der Waals surface area contributed by atoms with Gasteiger partial charge in [-0.15, -0.1) is 0 Å². The Morgan fingerprint density at radius 1 is 1.00 bits per heavy atom. The quantitative estimate of drug-likeness (QED) is 0.303. The van der Waals surface area contributed by atoms with Crippen LogP contribution in [-0.4, -0.2) is 53.7 Å². The van der Waals surface area contributed by atoms with Crippen molar-refractivity contribution in [3.8, 4) is 5.75 Å². The van der Waals surface area contributed by atoms with Crippen molar-refractivity contribution in [3.05, 3.63) is 65.7 Å². The van der Waals surface area contributed by atoms with E-state index in [0.29, 0.717) is 12.1 Å². The molecule has 1 aliphatic heterocycles. The maximum Gasteiger partial charge on any atom is 0.257 e. The lowest BCUT2D eigenvalue weighted by molar-refractivity contribution is -0.127. The SMILES string of the molecule is O=C(NCCCCC(C(=O)N/N=C/c1ccc(O)cc1)N1CCCCC1)c1ccccc1. The number of benzene rings is 2. The van der Waals surface area contributed by atoms with Crippen molar-refractivity contribution in [1.82, 2.24) is 15.6 Å². The van der Waals surface area contributed by atoms with Gasteiger partial charge in [-0.25, -0.2) is 5.43 Å². The number of carbonyl (C=O) groups excluding carboxylic acids is 2. The number of hydrogen-bond donors (Lipinski definition) is 3. The van der Waals surface area contributed by atoms with E-state index in [1.54, 1.807) is 42.6 Å². The van der Waals surface area contributed by atoms with Gasteiger partial charge < -0.3 is 10.4 Å². The minimum Gasteiger partial charge on any atom is -0.508 e. The van der Waals surface area contributed by atoms with Gasteiger partial charge in [0.1, 0.15) is 5.75 Å². The van der Waals surface area contributed by atoms with Gasteiger partial charge in [-0.1, -0.05) is 24.6 Å². The summed E-state index contributed by atoms with van der Waals surface area (Å²) in [5.41, 5.74) is 4.14. The van der Waals surface area contributed by atoms with Gasteiger partial charge in [-0.3, -0.25) is 14.5 Å². The predicted molar refractivity (Wildman–Crippen MR) is 126 cm³/mol. The first-order valence-electron chi connectivity index (χ1n) is 11.3. The molecule has 1 atom stereocenters. The van der Waals surface area contributed by atoms with Crippen LogP contribution in [0.25, 0.3) is 0 Å². The zero-order chi connectivity index (χ0) is 22.6. The topological polar surface area (TPSA) is 94.0 Å². The van der Waals surface area contributed by atoms with Crippen molar-refractivity contribution < 1.29 is 14.7 Å². The number of unbranched alkanes of at least 4 members (excludes halogenated alkanes) is 1. The molecule has 2 aromatic rings. The van der Waals surface area contributed by atoms with E-state index in [0.717, 1.165) is 50.8 Å². The summed E-state index contributed by atoms with van der Waals surface area (Å²) in [6.45, 7) is 2.43. The lowest BCUT2D eigenvalue weighted by Gasteiger charge is -2.33. The van der Waals surface area contributed by atoms with Crippen LogP contribution in [0.5, 0.6) is 5.75 Å². The first-order chi connectivity index (χ1) is 15.6. The Hall–Kier alpha value is -3.19. The third kappa shape index (κ3) is 7.50. The summed E-state index contributed by atoms with van der Waals surface area (Å²) < 4.78 is 0. The van der Waals surface area contributed by atoms with Gasteiger partial charge >= 0.3 is 0 Å². The van der Waals surface area contributed by atoms with Crippen LogP contribution in [0, 0.1) is 0 Å². The zero-order valence-corrected chi connectivity index (χ0v) is 18.4. The summed E-state index contributed by atoms with van der Waals surface area (Å²) in [6, 6.07) is 15.6. The second-order valence-electron chi connectivity index (χ2n) is 8.06. The molecule has 0 saturated carbocycles. The van der Waals surface area contributed by atoms with Gasteiger partial charge in [0.2, 0.25) is 0 Å². The van der Waals surface area contributed by atoms with E-state index in [-0.39, 0.29) is 23.6 Å². The number of hydrazone groups is 1. The number of hydrogen-bond acceptors (Lipinski definition) is 5. The van der Waals surface area contributed by atoms with Crippen molar-refractivity contribution in [1.29, 1.82) is 0 Å². The molecule has 7 heteroatoms. The average molecular weight is 437 g/mol. The van der Waals surface area contributed by atoms with Crippen LogP contribution in [0.1, 0.15) is 54.4 Å². The van der Waals surface area contributed by atoms with Crippen molar-refractivity contribution in [3.63, 3.8) is 0 Å². The molecule has 1 fully saturated rings. The molecule has 0 aromatic heterocycles. The number of amides is 2. The van der Waals surface area contributed by atoms with E-state index in [2.05, 4.69) is 20.7 Å². The zero-order valence-electron chi connectivity index (χ0n) is 18.4. The summed E-state index contributed by atoms with van der Waals surface area (Å²) in [5.74, 6) is 0.0195. The van der Waals surface area contributed by atoms with Crippen LogP contribution in [-0.2, 0) is 4.79 Å². The lowest BCUT2D eigenvalue weighted by atomic mass is 10.0. The van der Waals surface area contributed by atoms with Crippen molar-refractivity contribution in [2.75, 3.05) is 19.6 Å². The van der Waals surface area contributed by atoms with E-state index < -0.39 is 0 Å². The van der Waals surface area contributed by atoms with Gasteiger partial charge in [-0.05, 0) is 87.2 Å². The van der Waals surface area contributed by atoms with E-state index in [1.165, 1.54) is 6.42 Å². The fraction of sp³-hybridized carbons (Fsp3) is 0.400. The molecule has 7 nitrogen and oxygen atoms in total. The van der Waals surface area contributed by atoms with Gasteiger partial charge in [-0.2, -0.15) is 5.10 Å². The fourth-order valence-electron chi connectivity index (χ4n) is 3.87. The van der Waals surface area contributed by atoms with Crippen LogP contribution in [0.2, 0.25) is 0 Å². The van der Waals surface area contributed by atoms with Gasteiger partial charge in [0, 0.05) is 12.1 Å². The number of nitrogens with one attached hydrogen (secondary N) is 2. The van der Waals surface area contributed by atoms with Crippen LogP contribution in [0.3, 0.4) is 0 Å². The maximum atomic E-state index is 12.9. The van der Waals surface area contributed by atoms with Crippen LogP contribution in [0.4, 0.5) is 0 Å². The number of likely N-dealkylation sites (tertiary alicyclic amines) is 1. The number of piperidine rings is 1. The largest absolute Gasteiger partial charge is 0.508 e. The van der Waals surface area contributed by atoms with Crippen LogP contribution >= 0.6 is 0 Å². The lowest BCUT2D eigenvalue weighted by Crippen LogP contribution is -2.47. The second kappa shape index (κ2) is 12.6. The third-order valence-corrected chi connectivity index (χ3v) is 5.64. The first kappa shape index (κ1) is 23.5. The van der Waals surface area contributed by atoms with E-state index >= 15 is 0 Å². The number of carbonyl (C=O) groups is 2. The molecule has 1 saturated heterocycles.